The summed E-state index contributed by atoms with van der Waals surface area (Å²) in [6.07, 6.45) is 4.14. The molecule has 0 bridgehead atoms. The minimum Gasteiger partial charge on any atom is -0.291 e. The van der Waals surface area contributed by atoms with E-state index in [4.69, 9.17) is 9.97 Å². The van der Waals surface area contributed by atoms with Gasteiger partial charge in [0.25, 0.3) is 11.1 Å². The average molecular weight is 1140 g/mol. The van der Waals surface area contributed by atoms with Gasteiger partial charge in [-0.25, -0.2) is 9.97 Å². The summed E-state index contributed by atoms with van der Waals surface area (Å²) >= 11 is 12.8. The quantitative estimate of drug-likeness (QED) is 0.109. The number of hydrogen-bond acceptors (Lipinski definition) is 16. The van der Waals surface area contributed by atoms with E-state index in [0.717, 1.165) is 67.6 Å². The fourth-order valence-corrected chi connectivity index (χ4v) is 16.8. The third-order valence-corrected chi connectivity index (χ3v) is 21.3. The highest BCUT2D eigenvalue weighted by atomic mass is 32.1. The summed E-state index contributed by atoms with van der Waals surface area (Å²) in [5.41, 5.74) is 0.782. The predicted octanol–water partition coefficient (Wildman–Crippen LogP) is 13.0. The predicted molar refractivity (Wildman–Crippen MR) is 319 cm³/mol. The molecule has 0 aliphatic rings. The summed E-state index contributed by atoms with van der Waals surface area (Å²) in [6.45, 7) is 9.25. The smallest absolute Gasteiger partial charge is 0.261 e. The highest BCUT2D eigenvalue weighted by Gasteiger charge is 2.22. The van der Waals surface area contributed by atoms with Crippen LogP contribution in [0, 0.1) is 57.2 Å². The number of fused-ring (bicyclic) bond motifs is 2. The molecule has 0 aliphatic carbocycles. The molecule has 0 N–H and O–H groups in total. The van der Waals surface area contributed by atoms with Crippen molar-refractivity contribution >= 4 is 136 Å². The van der Waals surface area contributed by atoms with Crippen molar-refractivity contribution in [3.05, 3.63) is 158 Å². The van der Waals surface area contributed by atoms with Gasteiger partial charge in [0, 0.05) is 70.9 Å². The molecule has 0 radical (unpaired) electrons. The van der Waals surface area contributed by atoms with Crippen LogP contribution < -0.4 is 29.2 Å². The summed E-state index contributed by atoms with van der Waals surface area (Å²) in [5, 5.41) is 37.9. The van der Waals surface area contributed by atoms with Gasteiger partial charge in [-0.2, -0.15) is 21.0 Å². The summed E-state index contributed by atoms with van der Waals surface area (Å²) in [4.78, 5) is 52.5. The minimum absolute atomic E-state index is 0.117. The Balaban J connectivity index is 0.896. The van der Waals surface area contributed by atoms with Gasteiger partial charge in [-0.05, 0) is 133 Å². The van der Waals surface area contributed by atoms with Gasteiger partial charge in [0.05, 0.1) is 40.6 Å². The second-order valence-corrected chi connectivity index (χ2v) is 27.1. The molecule has 0 atom stereocenters. The van der Waals surface area contributed by atoms with Gasteiger partial charge in [-0.15, -0.1) is 90.7 Å². The molecule has 0 unspecified atom stereocenters. The van der Waals surface area contributed by atoms with Gasteiger partial charge in [0.15, 0.2) is 11.6 Å². The summed E-state index contributed by atoms with van der Waals surface area (Å²) in [6, 6.07) is 44.0. The van der Waals surface area contributed by atoms with Crippen molar-refractivity contribution in [1.82, 2.24) is 19.1 Å². The molecule has 0 fully saturated rings. The fraction of sp³-hybridized carbons (Fsp3) is 0.138. The monoisotopic (exact) mass is 1130 g/mol. The Morgan fingerprint density at radius 3 is 1.11 bits per heavy atom. The van der Waals surface area contributed by atoms with E-state index >= 15 is 0 Å². The van der Waals surface area contributed by atoms with Crippen molar-refractivity contribution in [3.63, 3.8) is 0 Å². The Hall–Kier alpha value is -7.46. The molecular weight excluding hydrogens is 1100 g/mol. The molecule has 10 nitrogen and oxygen atoms in total. The summed E-state index contributed by atoms with van der Waals surface area (Å²) in [7, 11) is 0. The lowest BCUT2D eigenvalue weighted by Crippen LogP contribution is -2.27. The maximum atomic E-state index is 14.7. The van der Waals surface area contributed by atoms with Crippen LogP contribution in [0.3, 0.4) is 0 Å². The van der Waals surface area contributed by atoms with Crippen molar-refractivity contribution in [2.75, 3.05) is 0 Å². The van der Waals surface area contributed by atoms with Gasteiger partial charge in [-0.1, -0.05) is 27.7 Å². The molecule has 10 aromatic heterocycles. The van der Waals surface area contributed by atoms with Crippen LogP contribution in [0.5, 0.6) is 0 Å². The van der Waals surface area contributed by atoms with Gasteiger partial charge >= 0.3 is 0 Å². The van der Waals surface area contributed by atoms with Gasteiger partial charge < -0.3 is 0 Å². The summed E-state index contributed by atoms with van der Waals surface area (Å²) < 4.78 is 6.81. The minimum atomic E-state index is -0.178. The molecule has 11 rings (SSSR count). The molecule has 18 heteroatoms. The molecule has 0 amide bonds. The van der Waals surface area contributed by atoms with Crippen LogP contribution in [0.2, 0.25) is 0 Å². The Morgan fingerprint density at radius 2 is 0.763 bits per heavy atom. The van der Waals surface area contributed by atoms with Crippen molar-refractivity contribution in [2.24, 2.45) is 11.8 Å². The zero-order valence-corrected chi connectivity index (χ0v) is 47.3. The lowest BCUT2D eigenvalue weighted by atomic mass is 10.1. The van der Waals surface area contributed by atoms with Crippen LogP contribution in [0.25, 0.3) is 106 Å². The normalized spacial score (nSPS) is 12.0. The Kier molecular flexibility index (Phi) is 14.2. The molecule has 76 heavy (non-hydrogen) atoms. The van der Waals surface area contributed by atoms with Gasteiger partial charge in [0.2, 0.25) is 0 Å². The highest BCUT2D eigenvalue weighted by Crippen LogP contribution is 2.44. The first-order chi connectivity index (χ1) is 36.9. The SMILES string of the molecule is CC(C)Cn1c(-c2ccc(-c3ccc(-c4ccc(/C=c5\ccc(=C(C#N)C#N)s5)s4)s3)s2)nc2cc3c(=O)n(CC(C)C)c(-c4ccc(-c5ccc(-c6ccc(/C=c7\ccc(=C(C#N)C#N)s7)s6)s5)s4)nc3cc2c1=O. The molecule has 1 aromatic carbocycles. The van der Waals surface area contributed by atoms with E-state index in [1.807, 2.05) is 60.7 Å². The van der Waals surface area contributed by atoms with E-state index in [1.54, 1.807) is 89.3 Å². The largest absolute Gasteiger partial charge is 0.291 e. The standard InChI is InChI=1S/C58H38N8O2S8/c1-31(2)29-65-55(53-19-17-51(75-53)49-15-13-47(73-49)45-11-7-37(71-45)21-35-5-9-43(69-35)33(25-59)26-60)63-41-24-40-42(23-39(41)57(65)67)64-56(66(58(40)68)30-32(3)4)54-20-18-52(76-54)50-16-14-48(74-50)46-12-8-38(72-46)22-36-6-10-44(70-36)34(27-61)28-62/h5-24,31-32H,29-30H2,1-4H3/b35-21+,36-22+. The van der Waals surface area contributed by atoms with Gasteiger partial charge in [-0.3, -0.25) is 18.7 Å². The van der Waals surface area contributed by atoms with Crippen LogP contribution >= 0.6 is 90.7 Å². The van der Waals surface area contributed by atoms with Crippen molar-refractivity contribution in [2.45, 2.75) is 40.8 Å². The van der Waals surface area contributed by atoms with Crippen LogP contribution in [0.1, 0.15) is 37.4 Å². The van der Waals surface area contributed by atoms with E-state index in [-0.39, 0.29) is 34.1 Å². The number of nitriles is 4. The second-order valence-electron chi connectivity index (χ2n) is 18.3. The molecule has 370 valence electrons. The van der Waals surface area contributed by atoms with Gasteiger partial charge in [0.1, 0.15) is 35.4 Å². The lowest BCUT2D eigenvalue weighted by Gasteiger charge is -2.16. The van der Waals surface area contributed by atoms with E-state index in [1.165, 1.54) is 22.7 Å². The number of benzene rings is 1. The van der Waals surface area contributed by atoms with Crippen LogP contribution in [0.4, 0.5) is 0 Å². The maximum absolute atomic E-state index is 14.7. The summed E-state index contributed by atoms with van der Waals surface area (Å²) in [5.74, 6) is 1.43. The number of hydrogen-bond donors (Lipinski definition) is 0. The number of nitrogens with zero attached hydrogens (tertiary/aromatic N) is 8. The lowest BCUT2D eigenvalue weighted by molar-refractivity contribution is 0.513. The third kappa shape index (κ3) is 10.1. The Labute approximate surface area is 467 Å². The first kappa shape index (κ1) is 50.7. The first-order valence-electron chi connectivity index (χ1n) is 23.7. The first-order valence-corrected chi connectivity index (χ1v) is 30.2. The van der Waals surface area contributed by atoms with Crippen molar-refractivity contribution in [3.8, 4) is 84.7 Å². The Bertz CT molecular complexity index is 4350. The zero-order chi connectivity index (χ0) is 52.8. The third-order valence-electron chi connectivity index (χ3n) is 12.0. The molecule has 10 heterocycles. The molecule has 0 saturated heterocycles. The molecule has 0 spiro atoms. The number of rotatable bonds is 12. The second kappa shape index (κ2) is 21.3. The van der Waals surface area contributed by atoms with E-state index < -0.39 is 0 Å². The van der Waals surface area contributed by atoms with Crippen LogP contribution in [-0.2, 0) is 13.1 Å². The topological polar surface area (TPSA) is 165 Å². The molecule has 11 aromatic rings. The average Bonchev–Trinajstić information content (AvgIpc) is 4.26. The number of thiophene rings is 8. The van der Waals surface area contributed by atoms with E-state index in [0.29, 0.717) is 55.6 Å². The van der Waals surface area contributed by atoms with E-state index in [9.17, 15) is 30.6 Å². The molecular formula is C58H38N8O2S8. The van der Waals surface area contributed by atoms with Crippen molar-refractivity contribution < 1.29 is 0 Å². The van der Waals surface area contributed by atoms with Crippen molar-refractivity contribution in [1.29, 1.82) is 21.0 Å². The molecule has 0 saturated carbocycles. The fourth-order valence-electron chi connectivity index (χ4n) is 8.57. The van der Waals surface area contributed by atoms with Crippen LogP contribution in [-0.4, -0.2) is 19.1 Å². The maximum Gasteiger partial charge on any atom is 0.261 e. The van der Waals surface area contributed by atoms with E-state index in [2.05, 4.69) is 101 Å². The zero-order valence-electron chi connectivity index (χ0n) is 40.8. The highest BCUT2D eigenvalue weighted by molar-refractivity contribution is 7.28. The van der Waals surface area contributed by atoms with Crippen LogP contribution in [0.15, 0.2) is 119 Å². The molecule has 0 aliphatic heterocycles. The Morgan fingerprint density at radius 1 is 0.447 bits per heavy atom. The number of aromatic nitrogens is 4.